The van der Waals surface area contributed by atoms with Crippen molar-refractivity contribution in [1.82, 2.24) is 20.6 Å². The first-order chi connectivity index (χ1) is 14.1. The Bertz CT molecular complexity index is 1160. The van der Waals surface area contributed by atoms with Crippen LogP contribution in [0, 0.1) is 3.57 Å². The lowest BCUT2D eigenvalue weighted by molar-refractivity contribution is 0.0976. The standard InChI is InChI=1S/C21H15IN4O2S/c22-16-5-2-1-4-15(16)19(27)26-21(29)24-12-13-7-9-14(10-8-13)20-25-18-17(28-20)6-3-11-23-18/h1-11H,12H2,(H2,24,26,27,29). The summed E-state index contributed by atoms with van der Waals surface area (Å²) in [5, 5.41) is 6.03. The largest absolute Gasteiger partial charge is 0.434 e. The lowest BCUT2D eigenvalue weighted by atomic mass is 10.1. The molecule has 0 fully saturated rings. The fourth-order valence-corrected chi connectivity index (χ4v) is 3.50. The van der Waals surface area contributed by atoms with Crippen molar-refractivity contribution in [3.05, 3.63) is 81.6 Å². The van der Waals surface area contributed by atoms with Gasteiger partial charge in [0, 0.05) is 21.9 Å². The molecule has 1 amide bonds. The SMILES string of the molecule is O=C(NC(=S)NCc1ccc(-c2nc3ncccc3o2)cc1)c1ccccc1I. The van der Waals surface area contributed by atoms with Gasteiger partial charge in [-0.2, -0.15) is 4.98 Å². The molecule has 0 saturated heterocycles. The summed E-state index contributed by atoms with van der Waals surface area (Å²) in [4.78, 5) is 20.9. The van der Waals surface area contributed by atoms with Gasteiger partial charge in [0.2, 0.25) is 5.89 Å². The molecule has 0 bridgehead atoms. The molecule has 8 heteroatoms. The smallest absolute Gasteiger partial charge is 0.258 e. The number of carbonyl (C=O) groups is 1. The van der Waals surface area contributed by atoms with E-state index in [1.54, 1.807) is 12.3 Å². The molecule has 0 saturated carbocycles. The minimum atomic E-state index is -0.229. The van der Waals surface area contributed by atoms with Crippen molar-refractivity contribution in [3.8, 4) is 11.5 Å². The lowest BCUT2D eigenvalue weighted by Crippen LogP contribution is -2.39. The second-order valence-corrected chi connectivity index (χ2v) is 7.73. The number of amides is 1. The van der Waals surface area contributed by atoms with E-state index in [0.29, 0.717) is 29.2 Å². The first-order valence-electron chi connectivity index (χ1n) is 8.75. The van der Waals surface area contributed by atoms with Crippen LogP contribution in [0.25, 0.3) is 22.7 Å². The van der Waals surface area contributed by atoms with Crippen molar-refractivity contribution in [2.45, 2.75) is 6.54 Å². The third-order valence-corrected chi connectivity index (χ3v) is 5.35. The Kier molecular flexibility index (Phi) is 5.81. The summed E-state index contributed by atoms with van der Waals surface area (Å²) in [6.45, 7) is 0.486. The van der Waals surface area contributed by atoms with E-state index in [4.69, 9.17) is 16.6 Å². The average Bonchev–Trinajstić information content (AvgIpc) is 3.17. The van der Waals surface area contributed by atoms with E-state index >= 15 is 0 Å². The molecular formula is C21H15IN4O2S. The Morgan fingerprint density at radius 1 is 1.07 bits per heavy atom. The van der Waals surface area contributed by atoms with Gasteiger partial charge in [-0.15, -0.1) is 0 Å². The molecule has 0 unspecified atom stereocenters. The van der Waals surface area contributed by atoms with E-state index in [1.807, 2.05) is 54.6 Å². The van der Waals surface area contributed by atoms with Gasteiger partial charge in [-0.05, 0) is 76.8 Å². The van der Waals surface area contributed by atoms with Crippen molar-refractivity contribution in [2.75, 3.05) is 0 Å². The van der Waals surface area contributed by atoms with Crippen molar-refractivity contribution >= 4 is 57.1 Å². The predicted molar refractivity (Wildman–Crippen MR) is 123 cm³/mol. The number of halogens is 1. The molecular weight excluding hydrogens is 499 g/mol. The van der Waals surface area contributed by atoms with Gasteiger partial charge < -0.3 is 9.73 Å². The van der Waals surface area contributed by atoms with Gasteiger partial charge in [-0.3, -0.25) is 10.1 Å². The highest BCUT2D eigenvalue weighted by Gasteiger charge is 2.11. The summed E-state index contributed by atoms with van der Waals surface area (Å²) >= 11 is 7.36. The number of benzene rings is 2. The number of nitrogens with one attached hydrogen (secondary N) is 2. The molecule has 4 aromatic rings. The topological polar surface area (TPSA) is 80.0 Å². The molecule has 29 heavy (non-hydrogen) atoms. The second-order valence-electron chi connectivity index (χ2n) is 6.16. The van der Waals surface area contributed by atoms with Gasteiger partial charge in [-0.1, -0.05) is 24.3 Å². The van der Waals surface area contributed by atoms with Crippen molar-refractivity contribution in [2.24, 2.45) is 0 Å². The number of hydrogen-bond acceptors (Lipinski definition) is 5. The Labute approximate surface area is 185 Å². The molecule has 0 spiro atoms. The number of rotatable bonds is 4. The Hall–Kier alpha value is -2.85. The number of carbonyl (C=O) groups excluding carboxylic acids is 1. The second kappa shape index (κ2) is 8.66. The zero-order chi connectivity index (χ0) is 20.2. The van der Waals surface area contributed by atoms with E-state index in [-0.39, 0.29) is 11.0 Å². The van der Waals surface area contributed by atoms with Crippen LogP contribution in [0.15, 0.2) is 71.3 Å². The van der Waals surface area contributed by atoms with Crippen LogP contribution in [-0.2, 0) is 6.54 Å². The molecule has 0 aliphatic carbocycles. The number of oxazole rings is 1. The summed E-state index contributed by atoms with van der Waals surface area (Å²) < 4.78 is 6.60. The van der Waals surface area contributed by atoms with Crippen LogP contribution in [-0.4, -0.2) is 21.0 Å². The molecule has 6 nitrogen and oxygen atoms in total. The summed E-state index contributed by atoms with van der Waals surface area (Å²) in [5.41, 5.74) is 3.70. The molecule has 2 aromatic heterocycles. The fourth-order valence-electron chi connectivity index (χ4n) is 2.70. The van der Waals surface area contributed by atoms with Crippen molar-refractivity contribution in [3.63, 3.8) is 0 Å². The quantitative estimate of drug-likeness (QED) is 0.313. The maximum atomic E-state index is 12.3. The Balaban J connectivity index is 1.36. The van der Waals surface area contributed by atoms with Crippen LogP contribution in [0.5, 0.6) is 0 Å². The van der Waals surface area contributed by atoms with Crippen LogP contribution >= 0.6 is 34.8 Å². The molecule has 0 aliphatic rings. The van der Waals surface area contributed by atoms with Crippen molar-refractivity contribution < 1.29 is 9.21 Å². The zero-order valence-corrected chi connectivity index (χ0v) is 18.0. The van der Waals surface area contributed by atoms with Gasteiger partial charge >= 0.3 is 0 Å². The molecule has 144 valence electrons. The van der Waals surface area contributed by atoms with Crippen LogP contribution < -0.4 is 10.6 Å². The highest BCUT2D eigenvalue weighted by atomic mass is 127. The molecule has 0 radical (unpaired) electrons. The summed E-state index contributed by atoms with van der Waals surface area (Å²) in [5.74, 6) is 0.297. The predicted octanol–water partition coefficient (Wildman–Crippen LogP) is 4.30. The fraction of sp³-hybridized carbons (Fsp3) is 0.0476. The minimum Gasteiger partial charge on any atom is -0.434 e. The minimum absolute atomic E-state index is 0.229. The summed E-state index contributed by atoms with van der Waals surface area (Å²) in [6, 6.07) is 18.8. The monoisotopic (exact) mass is 514 g/mol. The van der Waals surface area contributed by atoms with E-state index in [0.717, 1.165) is 14.7 Å². The number of thiocarbonyl (C=S) groups is 1. The highest BCUT2D eigenvalue weighted by Crippen LogP contribution is 2.23. The number of nitrogens with zero attached hydrogens (tertiary/aromatic N) is 2. The van der Waals surface area contributed by atoms with E-state index in [2.05, 4.69) is 43.2 Å². The summed E-state index contributed by atoms with van der Waals surface area (Å²) in [6.07, 6.45) is 1.68. The number of hydrogen-bond donors (Lipinski definition) is 2. The van der Waals surface area contributed by atoms with E-state index in [9.17, 15) is 4.79 Å². The van der Waals surface area contributed by atoms with Gasteiger partial charge in [0.15, 0.2) is 16.3 Å². The third-order valence-electron chi connectivity index (χ3n) is 4.16. The van der Waals surface area contributed by atoms with Crippen LogP contribution in [0.2, 0.25) is 0 Å². The number of fused-ring (bicyclic) bond motifs is 1. The normalized spacial score (nSPS) is 10.7. The van der Waals surface area contributed by atoms with E-state index < -0.39 is 0 Å². The van der Waals surface area contributed by atoms with Gasteiger partial charge in [0.05, 0.1) is 5.56 Å². The van der Waals surface area contributed by atoms with Crippen LogP contribution in [0.3, 0.4) is 0 Å². The Morgan fingerprint density at radius 3 is 2.62 bits per heavy atom. The lowest BCUT2D eigenvalue weighted by Gasteiger charge is -2.10. The first-order valence-corrected chi connectivity index (χ1v) is 10.2. The van der Waals surface area contributed by atoms with Gasteiger partial charge in [-0.25, -0.2) is 4.98 Å². The third kappa shape index (κ3) is 4.60. The molecule has 2 aromatic carbocycles. The van der Waals surface area contributed by atoms with Crippen LogP contribution in [0.4, 0.5) is 0 Å². The van der Waals surface area contributed by atoms with Gasteiger partial charge in [0.1, 0.15) is 0 Å². The molecule has 2 heterocycles. The van der Waals surface area contributed by atoms with Gasteiger partial charge in [0.25, 0.3) is 5.91 Å². The summed E-state index contributed by atoms with van der Waals surface area (Å²) in [7, 11) is 0. The van der Waals surface area contributed by atoms with Crippen LogP contribution in [0.1, 0.15) is 15.9 Å². The van der Waals surface area contributed by atoms with E-state index in [1.165, 1.54) is 0 Å². The van der Waals surface area contributed by atoms with Crippen molar-refractivity contribution in [1.29, 1.82) is 0 Å². The molecule has 0 atom stereocenters. The Morgan fingerprint density at radius 2 is 1.86 bits per heavy atom. The zero-order valence-electron chi connectivity index (χ0n) is 15.1. The maximum Gasteiger partial charge on any atom is 0.258 e. The first kappa shape index (κ1) is 19.5. The number of aromatic nitrogens is 2. The molecule has 2 N–H and O–H groups in total. The maximum absolute atomic E-state index is 12.3. The molecule has 0 aliphatic heterocycles. The molecule has 4 rings (SSSR count). The highest BCUT2D eigenvalue weighted by molar-refractivity contribution is 14.1. The average molecular weight is 514 g/mol. The number of pyridine rings is 1.